The second-order valence-corrected chi connectivity index (χ2v) is 6.43. The molecule has 0 bridgehead atoms. The van der Waals surface area contributed by atoms with Crippen LogP contribution in [0.4, 0.5) is 0 Å². The number of carbonyl (C=O) groups excluding carboxylic acids is 1. The highest BCUT2D eigenvalue weighted by molar-refractivity contribution is 5.79. The molecule has 1 amide bonds. The Bertz CT molecular complexity index is 335. The summed E-state index contributed by atoms with van der Waals surface area (Å²) >= 11 is 0. The van der Waals surface area contributed by atoms with Crippen molar-refractivity contribution in [2.24, 2.45) is 11.8 Å². The van der Waals surface area contributed by atoms with Crippen LogP contribution in [0.1, 0.15) is 64.2 Å². The molecule has 114 valence electrons. The lowest BCUT2D eigenvalue weighted by atomic mass is 9.88. The van der Waals surface area contributed by atoms with Crippen LogP contribution in [-0.4, -0.2) is 35.0 Å². The zero-order chi connectivity index (χ0) is 14.4. The Balaban J connectivity index is 1.88. The largest absolute Gasteiger partial charge is 0.481 e. The van der Waals surface area contributed by atoms with E-state index in [1.807, 2.05) is 4.90 Å². The summed E-state index contributed by atoms with van der Waals surface area (Å²) in [6.45, 7) is 1.48. The van der Waals surface area contributed by atoms with Gasteiger partial charge in [-0.05, 0) is 31.6 Å². The lowest BCUT2D eigenvalue weighted by Gasteiger charge is -2.35. The molecule has 1 aliphatic carbocycles. The van der Waals surface area contributed by atoms with Crippen LogP contribution in [0.5, 0.6) is 0 Å². The molecule has 0 aromatic carbocycles. The van der Waals surface area contributed by atoms with Crippen LogP contribution in [0.15, 0.2) is 0 Å². The molecule has 1 heterocycles. The van der Waals surface area contributed by atoms with Crippen LogP contribution in [0.25, 0.3) is 0 Å². The van der Waals surface area contributed by atoms with Gasteiger partial charge in [0.2, 0.25) is 5.91 Å². The number of carboxylic acids is 1. The first kappa shape index (κ1) is 15.3. The third-order valence-corrected chi connectivity index (χ3v) is 4.75. The average molecular weight is 281 g/mol. The fraction of sp³-hybridized carbons (Fsp3) is 0.875. The molecule has 2 rings (SSSR count). The minimum Gasteiger partial charge on any atom is -0.481 e. The number of likely N-dealkylation sites (tertiary alicyclic amines) is 1. The van der Waals surface area contributed by atoms with Crippen molar-refractivity contribution >= 4 is 11.9 Å². The molecule has 0 spiro atoms. The standard InChI is InChI=1S/C16H27NO3/c18-15(19)11-13-7-6-10-17(12-13)16(20)14-8-4-2-1-3-5-9-14/h13-14H,1-12H2,(H,18,19). The molecular formula is C16H27NO3. The van der Waals surface area contributed by atoms with Gasteiger partial charge in [-0.15, -0.1) is 0 Å². The van der Waals surface area contributed by atoms with Gasteiger partial charge in [0.05, 0.1) is 0 Å². The Kier molecular flexibility index (Phi) is 5.86. The van der Waals surface area contributed by atoms with Crippen molar-refractivity contribution in [1.82, 2.24) is 4.90 Å². The molecule has 20 heavy (non-hydrogen) atoms. The van der Waals surface area contributed by atoms with Gasteiger partial charge in [-0.25, -0.2) is 0 Å². The number of carboxylic acid groups (broad SMARTS) is 1. The number of amides is 1. The molecule has 2 fully saturated rings. The third-order valence-electron chi connectivity index (χ3n) is 4.75. The summed E-state index contributed by atoms with van der Waals surface area (Å²) in [5.41, 5.74) is 0. The van der Waals surface area contributed by atoms with Crippen molar-refractivity contribution < 1.29 is 14.7 Å². The quantitative estimate of drug-likeness (QED) is 0.865. The van der Waals surface area contributed by atoms with Gasteiger partial charge in [-0.1, -0.05) is 32.1 Å². The van der Waals surface area contributed by atoms with Gasteiger partial charge in [0, 0.05) is 25.4 Å². The summed E-state index contributed by atoms with van der Waals surface area (Å²) in [6.07, 6.45) is 10.3. The van der Waals surface area contributed by atoms with E-state index in [0.717, 1.165) is 32.2 Å². The third kappa shape index (κ3) is 4.50. The van der Waals surface area contributed by atoms with E-state index in [2.05, 4.69) is 0 Å². The summed E-state index contributed by atoms with van der Waals surface area (Å²) in [6, 6.07) is 0. The maximum Gasteiger partial charge on any atom is 0.303 e. The molecule has 0 aromatic rings. The Morgan fingerprint density at radius 2 is 1.60 bits per heavy atom. The van der Waals surface area contributed by atoms with Crippen LogP contribution in [0.2, 0.25) is 0 Å². The summed E-state index contributed by atoms with van der Waals surface area (Å²) in [5, 5.41) is 8.90. The predicted molar refractivity (Wildman–Crippen MR) is 77.4 cm³/mol. The molecule has 0 radical (unpaired) electrons. The zero-order valence-electron chi connectivity index (χ0n) is 12.4. The second-order valence-electron chi connectivity index (χ2n) is 6.43. The van der Waals surface area contributed by atoms with Crippen LogP contribution in [0.3, 0.4) is 0 Å². The smallest absolute Gasteiger partial charge is 0.303 e. The van der Waals surface area contributed by atoms with E-state index < -0.39 is 5.97 Å². The van der Waals surface area contributed by atoms with Gasteiger partial charge < -0.3 is 10.0 Å². The van der Waals surface area contributed by atoms with Gasteiger partial charge in [-0.2, -0.15) is 0 Å². The number of nitrogens with zero attached hydrogens (tertiary/aromatic N) is 1. The summed E-state index contributed by atoms with van der Waals surface area (Å²) in [4.78, 5) is 25.4. The SMILES string of the molecule is O=C(O)CC1CCCN(C(=O)C2CCCCCCC2)C1. The molecule has 4 nitrogen and oxygen atoms in total. The first-order valence-electron chi connectivity index (χ1n) is 8.17. The number of piperidine rings is 1. The lowest BCUT2D eigenvalue weighted by Crippen LogP contribution is -2.43. The zero-order valence-corrected chi connectivity index (χ0v) is 12.4. The summed E-state index contributed by atoms with van der Waals surface area (Å²) < 4.78 is 0. The second kappa shape index (κ2) is 7.65. The molecule has 1 aliphatic heterocycles. The van der Waals surface area contributed by atoms with Gasteiger partial charge >= 0.3 is 5.97 Å². The highest BCUT2D eigenvalue weighted by Crippen LogP contribution is 2.27. The molecule has 1 N–H and O–H groups in total. The minimum atomic E-state index is -0.741. The number of hydrogen-bond acceptors (Lipinski definition) is 2. The minimum absolute atomic E-state index is 0.152. The van der Waals surface area contributed by atoms with Crippen LogP contribution < -0.4 is 0 Å². The average Bonchev–Trinajstić information content (AvgIpc) is 2.37. The van der Waals surface area contributed by atoms with E-state index in [0.29, 0.717) is 12.5 Å². The number of aliphatic carboxylic acids is 1. The van der Waals surface area contributed by atoms with Crippen molar-refractivity contribution in [3.8, 4) is 0 Å². The van der Waals surface area contributed by atoms with Crippen molar-refractivity contribution in [2.45, 2.75) is 64.2 Å². The van der Waals surface area contributed by atoms with Crippen LogP contribution in [-0.2, 0) is 9.59 Å². The molecule has 1 saturated carbocycles. The van der Waals surface area contributed by atoms with Crippen molar-refractivity contribution in [2.75, 3.05) is 13.1 Å². The molecular weight excluding hydrogens is 254 g/mol. The Morgan fingerprint density at radius 1 is 0.950 bits per heavy atom. The van der Waals surface area contributed by atoms with Crippen LogP contribution >= 0.6 is 0 Å². The Morgan fingerprint density at radius 3 is 2.25 bits per heavy atom. The first-order chi connectivity index (χ1) is 9.66. The monoisotopic (exact) mass is 281 g/mol. The van der Waals surface area contributed by atoms with Crippen molar-refractivity contribution in [3.63, 3.8) is 0 Å². The topological polar surface area (TPSA) is 57.6 Å². The van der Waals surface area contributed by atoms with Gasteiger partial charge in [0.25, 0.3) is 0 Å². The maximum absolute atomic E-state index is 12.6. The summed E-state index contributed by atoms with van der Waals surface area (Å²) in [7, 11) is 0. The van der Waals surface area contributed by atoms with Gasteiger partial charge in [0.15, 0.2) is 0 Å². The fourth-order valence-corrected chi connectivity index (χ4v) is 3.64. The van der Waals surface area contributed by atoms with Gasteiger partial charge in [0.1, 0.15) is 0 Å². The number of rotatable bonds is 3. The van der Waals surface area contributed by atoms with Crippen molar-refractivity contribution in [1.29, 1.82) is 0 Å². The van der Waals surface area contributed by atoms with E-state index >= 15 is 0 Å². The van der Waals surface area contributed by atoms with Crippen LogP contribution in [0, 0.1) is 11.8 Å². The number of carbonyl (C=O) groups is 2. The molecule has 1 atom stereocenters. The lowest BCUT2D eigenvalue weighted by molar-refractivity contribution is -0.142. The molecule has 4 heteroatoms. The first-order valence-corrected chi connectivity index (χ1v) is 8.17. The fourth-order valence-electron chi connectivity index (χ4n) is 3.64. The molecule has 0 aromatic heterocycles. The summed E-state index contributed by atoms with van der Waals surface area (Å²) in [5.74, 6) is -0.102. The van der Waals surface area contributed by atoms with E-state index in [1.54, 1.807) is 0 Å². The van der Waals surface area contributed by atoms with Gasteiger partial charge in [-0.3, -0.25) is 9.59 Å². The highest BCUT2D eigenvalue weighted by Gasteiger charge is 2.29. The maximum atomic E-state index is 12.6. The van der Waals surface area contributed by atoms with E-state index in [1.165, 1.54) is 32.1 Å². The molecule has 1 saturated heterocycles. The molecule has 2 aliphatic rings. The van der Waals surface area contributed by atoms with E-state index in [4.69, 9.17) is 5.11 Å². The number of hydrogen-bond donors (Lipinski definition) is 1. The predicted octanol–water partition coefficient (Wildman–Crippen LogP) is 3.06. The molecule has 1 unspecified atom stereocenters. The Labute approximate surface area is 121 Å². The Hall–Kier alpha value is -1.06. The highest BCUT2D eigenvalue weighted by atomic mass is 16.4. The van der Waals surface area contributed by atoms with E-state index in [-0.39, 0.29) is 18.3 Å². The normalized spacial score (nSPS) is 25.8. The van der Waals surface area contributed by atoms with Crippen molar-refractivity contribution in [3.05, 3.63) is 0 Å². The van der Waals surface area contributed by atoms with E-state index in [9.17, 15) is 9.59 Å².